The second-order valence-corrected chi connectivity index (χ2v) is 6.67. The van der Waals surface area contributed by atoms with Crippen molar-refractivity contribution in [3.63, 3.8) is 0 Å². The topological polar surface area (TPSA) is 64.0 Å². The Bertz CT molecular complexity index is 777. The maximum absolute atomic E-state index is 12.1. The molecule has 2 aromatic rings. The van der Waals surface area contributed by atoms with E-state index in [2.05, 4.69) is 9.82 Å². The highest BCUT2D eigenvalue weighted by molar-refractivity contribution is 7.95. The van der Waals surface area contributed by atoms with Crippen molar-refractivity contribution < 1.29 is 8.42 Å². The van der Waals surface area contributed by atoms with Gasteiger partial charge in [0.25, 0.3) is 10.0 Å². The van der Waals surface area contributed by atoms with Crippen LogP contribution in [0.1, 0.15) is 17.0 Å². The molecule has 0 amide bonds. The molecule has 1 aromatic heterocycles. The lowest BCUT2D eigenvalue weighted by atomic mass is 10.2. The number of anilines is 1. The van der Waals surface area contributed by atoms with Crippen LogP contribution in [-0.4, -0.2) is 18.2 Å². The van der Waals surface area contributed by atoms with E-state index in [9.17, 15) is 8.42 Å². The predicted molar refractivity (Wildman–Crippen MR) is 85.7 cm³/mol. The highest BCUT2D eigenvalue weighted by Crippen LogP contribution is 2.20. The summed E-state index contributed by atoms with van der Waals surface area (Å²) in [6.45, 7) is 3.56. The first-order chi connectivity index (χ1) is 9.78. The molecular formula is C14H16ClN3O2S. The third-order valence-corrected chi connectivity index (χ3v) is 4.30. The zero-order chi connectivity index (χ0) is 15.6. The van der Waals surface area contributed by atoms with Gasteiger partial charge in [0.2, 0.25) is 0 Å². The first-order valence-electron chi connectivity index (χ1n) is 6.25. The van der Waals surface area contributed by atoms with Crippen molar-refractivity contribution in [2.45, 2.75) is 13.8 Å². The van der Waals surface area contributed by atoms with E-state index in [0.717, 1.165) is 16.7 Å². The Balaban J connectivity index is 2.21. The Morgan fingerprint density at radius 2 is 1.86 bits per heavy atom. The minimum Gasteiger partial charge on any atom is -0.276 e. The van der Waals surface area contributed by atoms with Crippen LogP contribution in [0.25, 0.3) is 6.08 Å². The van der Waals surface area contributed by atoms with Crippen LogP contribution in [0, 0.1) is 13.8 Å². The molecule has 7 heteroatoms. The Morgan fingerprint density at radius 1 is 1.24 bits per heavy atom. The second-order valence-electron chi connectivity index (χ2n) is 4.67. The van der Waals surface area contributed by atoms with Gasteiger partial charge in [-0.2, -0.15) is 5.10 Å². The maximum Gasteiger partial charge on any atom is 0.255 e. The summed E-state index contributed by atoms with van der Waals surface area (Å²) in [5, 5.41) is 5.91. The molecule has 0 radical (unpaired) electrons. The van der Waals surface area contributed by atoms with Crippen molar-refractivity contribution in [1.82, 2.24) is 9.78 Å². The van der Waals surface area contributed by atoms with Gasteiger partial charge in [0.05, 0.1) is 22.5 Å². The van der Waals surface area contributed by atoms with E-state index in [4.69, 9.17) is 11.6 Å². The summed E-state index contributed by atoms with van der Waals surface area (Å²) in [7, 11) is -1.82. The van der Waals surface area contributed by atoms with Gasteiger partial charge < -0.3 is 0 Å². The lowest BCUT2D eigenvalue weighted by Gasteiger charge is -2.04. The SMILES string of the molecule is Cc1nn(C)c(C)c1NS(=O)(=O)/C=C/c1ccc(Cl)cc1. The standard InChI is InChI=1S/C14H16ClN3O2S/c1-10-14(11(2)18(3)16-10)17-21(19,20)9-8-12-4-6-13(15)7-5-12/h4-9,17H,1-3H3/b9-8+. The van der Waals surface area contributed by atoms with Gasteiger partial charge in [-0.3, -0.25) is 9.40 Å². The summed E-state index contributed by atoms with van der Waals surface area (Å²) in [5.74, 6) is 0. The lowest BCUT2D eigenvalue weighted by Crippen LogP contribution is -2.10. The van der Waals surface area contributed by atoms with Crippen molar-refractivity contribution >= 4 is 33.4 Å². The van der Waals surface area contributed by atoms with E-state index in [1.807, 2.05) is 0 Å². The molecule has 0 bridgehead atoms. The van der Waals surface area contributed by atoms with Crippen LogP contribution >= 0.6 is 11.6 Å². The molecule has 0 fully saturated rings. The Kier molecular flexibility index (Phi) is 4.39. The van der Waals surface area contributed by atoms with Crippen molar-refractivity contribution in [1.29, 1.82) is 0 Å². The fraction of sp³-hybridized carbons (Fsp3) is 0.214. The van der Waals surface area contributed by atoms with Gasteiger partial charge in [0.1, 0.15) is 0 Å². The Labute approximate surface area is 129 Å². The van der Waals surface area contributed by atoms with E-state index in [-0.39, 0.29) is 0 Å². The second kappa shape index (κ2) is 5.91. The summed E-state index contributed by atoms with van der Waals surface area (Å²) < 4.78 is 28.4. The number of hydrogen-bond donors (Lipinski definition) is 1. The van der Waals surface area contributed by atoms with Gasteiger partial charge >= 0.3 is 0 Å². The van der Waals surface area contributed by atoms with E-state index < -0.39 is 10.0 Å². The summed E-state index contributed by atoms with van der Waals surface area (Å²) in [6, 6.07) is 6.90. The molecule has 0 saturated heterocycles. The van der Waals surface area contributed by atoms with Crippen LogP contribution in [0.2, 0.25) is 5.02 Å². The third kappa shape index (κ3) is 3.86. The minimum absolute atomic E-state index is 0.512. The summed E-state index contributed by atoms with van der Waals surface area (Å²) in [4.78, 5) is 0. The summed E-state index contributed by atoms with van der Waals surface area (Å²) in [6.07, 6.45) is 1.51. The molecule has 0 aliphatic carbocycles. The number of hydrogen-bond acceptors (Lipinski definition) is 3. The Hall–Kier alpha value is -1.79. The van der Waals surface area contributed by atoms with Crippen LogP contribution < -0.4 is 4.72 Å². The molecule has 0 unspecified atom stereocenters. The van der Waals surface area contributed by atoms with Gasteiger partial charge in [-0.1, -0.05) is 23.7 Å². The third-order valence-electron chi connectivity index (χ3n) is 3.06. The number of aromatic nitrogens is 2. The largest absolute Gasteiger partial charge is 0.276 e. The lowest BCUT2D eigenvalue weighted by molar-refractivity contribution is 0.609. The number of aryl methyl sites for hydroxylation is 2. The molecule has 1 N–H and O–H groups in total. The fourth-order valence-corrected chi connectivity index (χ4v) is 2.95. The van der Waals surface area contributed by atoms with Crippen LogP contribution in [0.15, 0.2) is 29.7 Å². The van der Waals surface area contributed by atoms with Crippen molar-refractivity contribution in [2.24, 2.45) is 7.05 Å². The van der Waals surface area contributed by atoms with Gasteiger partial charge in [-0.25, -0.2) is 8.42 Å². The zero-order valence-electron chi connectivity index (χ0n) is 12.0. The van der Waals surface area contributed by atoms with Crippen molar-refractivity contribution in [3.05, 3.63) is 51.6 Å². The van der Waals surface area contributed by atoms with E-state index in [0.29, 0.717) is 16.4 Å². The molecule has 1 aromatic carbocycles. The van der Waals surface area contributed by atoms with E-state index in [1.165, 1.54) is 6.08 Å². The average Bonchev–Trinajstić information content (AvgIpc) is 2.65. The smallest absolute Gasteiger partial charge is 0.255 e. The minimum atomic E-state index is -3.59. The number of halogens is 1. The normalized spacial score (nSPS) is 12.0. The van der Waals surface area contributed by atoms with E-state index >= 15 is 0 Å². The van der Waals surface area contributed by atoms with Crippen LogP contribution in [0.3, 0.4) is 0 Å². The van der Waals surface area contributed by atoms with Gasteiger partial charge in [-0.15, -0.1) is 0 Å². The molecule has 0 atom stereocenters. The monoisotopic (exact) mass is 325 g/mol. The molecular weight excluding hydrogens is 310 g/mol. The molecule has 5 nitrogen and oxygen atoms in total. The molecule has 0 aliphatic rings. The molecule has 21 heavy (non-hydrogen) atoms. The molecule has 0 aliphatic heterocycles. The van der Waals surface area contributed by atoms with Crippen molar-refractivity contribution in [2.75, 3.05) is 4.72 Å². The number of sulfonamides is 1. The average molecular weight is 326 g/mol. The number of nitrogens with one attached hydrogen (secondary N) is 1. The molecule has 112 valence electrons. The molecule has 1 heterocycles. The highest BCUT2D eigenvalue weighted by atomic mass is 35.5. The molecule has 0 saturated carbocycles. The van der Waals surface area contributed by atoms with Crippen molar-refractivity contribution in [3.8, 4) is 0 Å². The fourth-order valence-electron chi connectivity index (χ4n) is 1.84. The number of nitrogens with zero attached hydrogens (tertiary/aromatic N) is 2. The molecule has 2 rings (SSSR count). The van der Waals surface area contributed by atoms with Gasteiger partial charge in [0.15, 0.2) is 0 Å². The zero-order valence-corrected chi connectivity index (χ0v) is 13.5. The highest BCUT2D eigenvalue weighted by Gasteiger charge is 2.14. The summed E-state index contributed by atoms with van der Waals surface area (Å²) >= 11 is 5.78. The first-order valence-corrected chi connectivity index (χ1v) is 8.17. The van der Waals surface area contributed by atoms with E-state index in [1.54, 1.807) is 49.8 Å². The maximum atomic E-state index is 12.1. The van der Waals surface area contributed by atoms with Crippen LogP contribution in [-0.2, 0) is 17.1 Å². The first kappa shape index (κ1) is 15.6. The predicted octanol–water partition coefficient (Wildman–Crippen LogP) is 3.10. The van der Waals surface area contributed by atoms with Crippen LogP contribution in [0.5, 0.6) is 0 Å². The van der Waals surface area contributed by atoms with Gasteiger partial charge in [-0.05, 0) is 37.6 Å². The Morgan fingerprint density at radius 3 is 2.38 bits per heavy atom. The van der Waals surface area contributed by atoms with Crippen LogP contribution in [0.4, 0.5) is 5.69 Å². The number of benzene rings is 1. The molecule has 0 spiro atoms. The number of rotatable bonds is 4. The quantitative estimate of drug-likeness (QED) is 0.939. The summed E-state index contributed by atoms with van der Waals surface area (Å²) in [5.41, 5.74) is 2.66. The van der Waals surface area contributed by atoms with Gasteiger partial charge in [0, 0.05) is 12.1 Å².